The van der Waals surface area contributed by atoms with Gasteiger partial charge in [-0.1, -0.05) is 18.5 Å². The van der Waals surface area contributed by atoms with Gasteiger partial charge in [-0.05, 0) is 31.0 Å². The van der Waals surface area contributed by atoms with E-state index in [-0.39, 0.29) is 28.9 Å². The van der Waals surface area contributed by atoms with Crippen molar-refractivity contribution in [3.8, 4) is 0 Å². The number of aliphatic hydroxyl groups is 1. The van der Waals surface area contributed by atoms with E-state index >= 15 is 0 Å². The fourth-order valence-electron chi connectivity index (χ4n) is 2.05. The molecule has 0 unspecified atom stereocenters. The third kappa shape index (κ3) is 2.63. The van der Waals surface area contributed by atoms with E-state index < -0.39 is 21.4 Å². The summed E-state index contributed by atoms with van der Waals surface area (Å²) in [6, 6.07) is 3.28. The maximum Gasteiger partial charge on any atom is 0.243 e. The molecule has 0 aromatic heterocycles. The van der Waals surface area contributed by atoms with Crippen LogP contribution in [0.1, 0.15) is 13.8 Å². The first-order valence-corrected chi connectivity index (χ1v) is 7.64. The highest BCUT2D eigenvalue weighted by molar-refractivity contribution is 7.89. The number of hydrogen-bond donors (Lipinski definition) is 1. The van der Waals surface area contributed by atoms with E-state index in [1.807, 2.05) is 0 Å². The monoisotopic (exact) mass is 307 g/mol. The topological polar surface area (TPSA) is 57.6 Å². The average molecular weight is 308 g/mol. The average Bonchev–Trinajstić information content (AvgIpc) is 2.58. The Labute approximate surface area is 116 Å². The summed E-state index contributed by atoms with van der Waals surface area (Å²) in [5.41, 5.74) is -1.06. The lowest BCUT2D eigenvalue weighted by atomic mass is 9.95. The summed E-state index contributed by atoms with van der Waals surface area (Å²) in [4.78, 5) is -0.0659. The molecule has 0 bridgehead atoms. The predicted octanol–water partition coefficient (Wildman–Crippen LogP) is 1.87. The Balaban J connectivity index is 2.36. The van der Waals surface area contributed by atoms with Gasteiger partial charge in [0.2, 0.25) is 10.0 Å². The van der Waals surface area contributed by atoms with Crippen LogP contribution in [-0.2, 0) is 10.0 Å². The minimum atomic E-state index is -3.76. The molecular formula is C12H15ClFNO3S. The van der Waals surface area contributed by atoms with Crippen molar-refractivity contribution in [1.29, 1.82) is 0 Å². The van der Waals surface area contributed by atoms with Crippen LogP contribution in [0.25, 0.3) is 0 Å². The smallest absolute Gasteiger partial charge is 0.243 e. The molecule has 19 heavy (non-hydrogen) atoms. The maximum atomic E-state index is 13.1. The van der Waals surface area contributed by atoms with Crippen LogP contribution in [0, 0.1) is 11.7 Å². The Kier molecular flexibility index (Phi) is 3.64. The largest absolute Gasteiger partial charge is 0.388 e. The highest BCUT2D eigenvalue weighted by Gasteiger charge is 2.43. The minimum absolute atomic E-state index is 0.0193. The van der Waals surface area contributed by atoms with E-state index in [4.69, 9.17) is 11.6 Å². The highest BCUT2D eigenvalue weighted by atomic mass is 35.5. The van der Waals surface area contributed by atoms with Crippen molar-refractivity contribution >= 4 is 21.6 Å². The first-order valence-electron chi connectivity index (χ1n) is 5.82. The van der Waals surface area contributed by atoms with Gasteiger partial charge in [0.05, 0.1) is 15.5 Å². The van der Waals surface area contributed by atoms with Crippen LogP contribution < -0.4 is 0 Å². The van der Waals surface area contributed by atoms with E-state index in [1.54, 1.807) is 13.8 Å². The highest BCUT2D eigenvalue weighted by Crippen LogP contribution is 2.32. The van der Waals surface area contributed by atoms with Crippen molar-refractivity contribution in [1.82, 2.24) is 4.31 Å². The van der Waals surface area contributed by atoms with Crippen molar-refractivity contribution in [2.24, 2.45) is 5.92 Å². The first-order chi connectivity index (χ1) is 8.64. The lowest BCUT2D eigenvalue weighted by molar-refractivity contribution is 0.0404. The van der Waals surface area contributed by atoms with Gasteiger partial charge in [0.15, 0.2) is 0 Å². The van der Waals surface area contributed by atoms with Gasteiger partial charge < -0.3 is 5.11 Å². The molecule has 0 radical (unpaired) electrons. The second-order valence-corrected chi connectivity index (χ2v) is 7.48. The molecule has 4 nitrogen and oxygen atoms in total. The number of β-amino-alcohol motifs (C(OH)–C–C–N with tert-alkyl or cyclic N) is 1. The second kappa shape index (κ2) is 4.70. The van der Waals surface area contributed by atoms with Crippen LogP contribution in [0.2, 0.25) is 5.02 Å². The Morgan fingerprint density at radius 2 is 2.16 bits per heavy atom. The lowest BCUT2D eigenvalue weighted by Crippen LogP contribution is -2.35. The first kappa shape index (κ1) is 14.7. The van der Waals surface area contributed by atoms with Crippen LogP contribution in [0.15, 0.2) is 23.1 Å². The molecule has 1 heterocycles. The molecule has 0 spiro atoms. The fraction of sp³-hybridized carbons (Fsp3) is 0.500. The molecule has 1 aliphatic rings. The summed E-state index contributed by atoms with van der Waals surface area (Å²) < 4.78 is 39.0. The van der Waals surface area contributed by atoms with Gasteiger partial charge in [-0.2, -0.15) is 4.31 Å². The van der Waals surface area contributed by atoms with Gasteiger partial charge >= 0.3 is 0 Å². The molecule has 1 aliphatic heterocycles. The van der Waals surface area contributed by atoms with E-state index in [1.165, 1.54) is 10.4 Å². The molecule has 2 rings (SSSR count). The molecule has 0 aliphatic carbocycles. The molecule has 0 saturated carbocycles. The molecule has 106 valence electrons. The fourth-order valence-corrected chi connectivity index (χ4v) is 3.95. The van der Waals surface area contributed by atoms with Gasteiger partial charge in [0.1, 0.15) is 5.82 Å². The summed E-state index contributed by atoms with van der Waals surface area (Å²) in [6.07, 6.45) is 0. The van der Waals surface area contributed by atoms with Gasteiger partial charge in [-0.25, -0.2) is 12.8 Å². The quantitative estimate of drug-likeness (QED) is 0.907. The Morgan fingerprint density at radius 1 is 1.53 bits per heavy atom. The van der Waals surface area contributed by atoms with Crippen molar-refractivity contribution in [2.75, 3.05) is 13.1 Å². The molecule has 7 heteroatoms. The third-order valence-electron chi connectivity index (χ3n) is 3.56. The summed E-state index contributed by atoms with van der Waals surface area (Å²) in [5.74, 6) is -0.833. The molecule has 1 aromatic rings. The van der Waals surface area contributed by atoms with Crippen molar-refractivity contribution < 1.29 is 17.9 Å². The molecule has 1 aromatic carbocycles. The standard InChI is InChI=1S/C12H15ClFNO3S/c1-8-6-15(7-12(8,2)16)19(17,18)9-3-4-11(14)10(13)5-9/h3-5,8,16H,6-7H2,1-2H3/t8-,12+/m1/s1. The summed E-state index contributed by atoms with van der Waals surface area (Å²) >= 11 is 5.60. The number of rotatable bonds is 2. The normalized spacial score (nSPS) is 28.8. The van der Waals surface area contributed by atoms with Crippen LogP contribution in [0.4, 0.5) is 4.39 Å². The van der Waals surface area contributed by atoms with Crippen LogP contribution in [0.5, 0.6) is 0 Å². The zero-order chi connectivity index (χ0) is 14.4. The van der Waals surface area contributed by atoms with Crippen molar-refractivity contribution in [3.63, 3.8) is 0 Å². The maximum absolute atomic E-state index is 13.1. The van der Waals surface area contributed by atoms with Crippen LogP contribution >= 0.6 is 11.6 Å². The second-order valence-electron chi connectivity index (χ2n) is 5.13. The van der Waals surface area contributed by atoms with E-state index in [0.29, 0.717) is 0 Å². The summed E-state index contributed by atoms with van der Waals surface area (Å²) in [7, 11) is -3.76. The SMILES string of the molecule is C[C@@H]1CN(S(=O)(=O)c2ccc(F)c(Cl)c2)C[C@]1(C)O. The zero-order valence-corrected chi connectivity index (χ0v) is 12.2. The lowest BCUT2D eigenvalue weighted by Gasteiger charge is -2.20. The molecule has 1 N–H and O–H groups in total. The van der Waals surface area contributed by atoms with Gasteiger partial charge in [-0.3, -0.25) is 0 Å². The van der Waals surface area contributed by atoms with E-state index in [0.717, 1.165) is 12.1 Å². The van der Waals surface area contributed by atoms with Gasteiger partial charge in [0, 0.05) is 13.1 Å². The van der Waals surface area contributed by atoms with Crippen LogP contribution in [0.3, 0.4) is 0 Å². The Bertz CT molecular complexity index is 603. The molecule has 1 saturated heterocycles. The molecule has 0 amide bonds. The van der Waals surface area contributed by atoms with Gasteiger partial charge in [-0.15, -0.1) is 0 Å². The van der Waals surface area contributed by atoms with Crippen molar-refractivity contribution in [2.45, 2.75) is 24.3 Å². The minimum Gasteiger partial charge on any atom is -0.388 e. The summed E-state index contributed by atoms with van der Waals surface area (Å²) in [5, 5.41) is 9.81. The van der Waals surface area contributed by atoms with E-state index in [2.05, 4.69) is 0 Å². The Morgan fingerprint density at radius 3 is 2.63 bits per heavy atom. The van der Waals surface area contributed by atoms with Crippen molar-refractivity contribution in [3.05, 3.63) is 29.0 Å². The number of hydrogen-bond acceptors (Lipinski definition) is 3. The van der Waals surface area contributed by atoms with E-state index in [9.17, 15) is 17.9 Å². The third-order valence-corrected chi connectivity index (χ3v) is 5.66. The molecule has 2 atom stereocenters. The predicted molar refractivity (Wildman–Crippen MR) is 70.0 cm³/mol. The number of nitrogens with zero attached hydrogens (tertiary/aromatic N) is 1. The number of halogens is 2. The number of benzene rings is 1. The zero-order valence-electron chi connectivity index (χ0n) is 10.6. The molecule has 1 fully saturated rings. The van der Waals surface area contributed by atoms with Gasteiger partial charge in [0.25, 0.3) is 0 Å². The summed E-state index contributed by atoms with van der Waals surface area (Å²) in [6.45, 7) is 3.63. The Hall–Kier alpha value is -0.690. The number of sulfonamides is 1. The molecular weight excluding hydrogens is 293 g/mol. The van der Waals surface area contributed by atoms with Crippen LogP contribution in [-0.4, -0.2) is 36.5 Å².